The maximum absolute atomic E-state index is 4.78. The van der Waals surface area contributed by atoms with Gasteiger partial charge in [0.1, 0.15) is 11.6 Å². The van der Waals surface area contributed by atoms with Crippen LogP contribution in [0.25, 0.3) is 45.6 Å². The van der Waals surface area contributed by atoms with Gasteiger partial charge >= 0.3 is 0 Å². The SMILES string of the molecule is C1=Cn2c(nc3nc4ccccc4nc32)C=C2Nc3nc4ccccc4nc3N12. The van der Waals surface area contributed by atoms with E-state index in [1.165, 1.54) is 0 Å². The minimum absolute atomic E-state index is 0.617. The highest BCUT2D eigenvalue weighted by Crippen LogP contribution is 2.37. The van der Waals surface area contributed by atoms with Gasteiger partial charge in [0.05, 0.1) is 22.1 Å². The molecule has 2 aliphatic rings. The third kappa shape index (κ3) is 1.99. The number of hydrogen-bond donors (Lipinski definition) is 1. The van der Waals surface area contributed by atoms with Crippen LogP contribution in [-0.4, -0.2) is 29.5 Å². The monoisotopic (exact) mass is 376 g/mol. The van der Waals surface area contributed by atoms with Crippen LogP contribution in [0.2, 0.25) is 0 Å². The molecule has 8 nitrogen and oxygen atoms in total. The molecule has 7 rings (SSSR count). The molecule has 0 fully saturated rings. The zero-order valence-electron chi connectivity index (χ0n) is 15.0. The number of hydrogen-bond acceptors (Lipinski definition) is 7. The molecule has 0 bridgehead atoms. The molecule has 1 N–H and O–H groups in total. The maximum Gasteiger partial charge on any atom is 0.198 e. The van der Waals surface area contributed by atoms with Crippen LogP contribution in [0.5, 0.6) is 0 Å². The van der Waals surface area contributed by atoms with E-state index >= 15 is 0 Å². The van der Waals surface area contributed by atoms with Crippen LogP contribution in [-0.2, 0) is 0 Å². The molecule has 8 heteroatoms. The number of imidazole rings is 1. The number of aromatic nitrogens is 6. The lowest BCUT2D eigenvalue weighted by Gasteiger charge is -2.11. The van der Waals surface area contributed by atoms with Crippen molar-refractivity contribution in [2.24, 2.45) is 0 Å². The van der Waals surface area contributed by atoms with Crippen LogP contribution in [0.4, 0.5) is 11.6 Å². The molecule has 0 saturated carbocycles. The summed E-state index contributed by atoms with van der Waals surface area (Å²) in [5.41, 5.74) is 4.72. The molecule has 2 aliphatic heterocycles. The highest BCUT2D eigenvalue weighted by atomic mass is 15.4. The number of anilines is 2. The lowest BCUT2D eigenvalue weighted by Crippen LogP contribution is -2.13. The van der Waals surface area contributed by atoms with Gasteiger partial charge in [0.2, 0.25) is 0 Å². The first-order chi connectivity index (χ1) is 14.3. The van der Waals surface area contributed by atoms with Gasteiger partial charge in [0, 0.05) is 18.5 Å². The van der Waals surface area contributed by atoms with E-state index < -0.39 is 0 Å². The fourth-order valence-corrected chi connectivity index (χ4v) is 3.79. The third-order valence-electron chi connectivity index (χ3n) is 5.15. The molecule has 0 unspecified atom stereocenters. The average molecular weight is 376 g/mol. The highest BCUT2D eigenvalue weighted by Gasteiger charge is 2.28. The van der Waals surface area contributed by atoms with Crippen molar-refractivity contribution >= 4 is 57.3 Å². The van der Waals surface area contributed by atoms with E-state index in [1.807, 2.05) is 76.5 Å². The van der Waals surface area contributed by atoms with Crippen LogP contribution < -0.4 is 10.2 Å². The van der Waals surface area contributed by atoms with Crippen molar-refractivity contribution in [3.8, 4) is 0 Å². The quantitative estimate of drug-likeness (QED) is 0.442. The van der Waals surface area contributed by atoms with Crippen molar-refractivity contribution in [1.29, 1.82) is 0 Å². The van der Waals surface area contributed by atoms with E-state index in [1.54, 1.807) is 0 Å². The van der Waals surface area contributed by atoms with Crippen molar-refractivity contribution in [3.63, 3.8) is 0 Å². The fraction of sp³-hybridized carbons (Fsp3) is 0. The molecule has 29 heavy (non-hydrogen) atoms. The second-order valence-electron chi connectivity index (χ2n) is 6.91. The number of para-hydroxylation sites is 4. The van der Waals surface area contributed by atoms with E-state index in [9.17, 15) is 0 Å². The molecule has 0 saturated heterocycles. The van der Waals surface area contributed by atoms with Crippen LogP contribution in [0.3, 0.4) is 0 Å². The Morgan fingerprint density at radius 1 is 0.690 bits per heavy atom. The van der Waals surface area contributed by atoms with E-state index in [4.69, 9.17) is 19.9 Å². The number of nitrogens with one attached hydrogen (secondary N) is 1. The fourth-order valence-electron chi connectivity index (χ4n) is 3.79. The smallest absolute Gasteiger partial charge is 0.198 e. The predicted molar refractivity (Wildman–Crippen MR) is 112 cm³/mol. The van der Waals surface area contributed by atoms with Gasteiger partial charge in [-0.15, -0.1) is 0 Å². The summed E-state index contributed by atoms with van der Waals surface area (Å²) < 4.78 is 1.94. The summed E-state index contributed by atoms with van der Waals surface area (Å²) in [6.07, 6.45) is 5.84. The zero-order valence-corrected chi connectivity index (χ0v) is 15.0. The Labute approximate surface area is 163 Å². The summed E-state index contributed by atoms with van der Waals surface area (Å²) in [7, 11) is 0. The molecule has 0 radical (unpaired) electrons. The molecule has 2 aromatic carbocycles. The molecule has 0 aliphatic carbocycles. The first-order valence-electron chi connectivity index (χ1n) is 9.21. The lowest BCUT2D eigenvalue weighted by atomic mass is 10.3. The van der Waals surface area contributed by atoms with Crippen LogP contribution in [0.1, 0.15) is 5.82 Å². The molecule has 5 heterocycles. The number of rotatable bonds is 0. The predicted octanol–water partition coefficient (Wildman–Crippen LogP) is 3.60. The van der Waals surface area contributed by atoms with Crippen molar-refractivity contribution in [2.75, 3.05) is 10.2 Å². The van der Waals surface area contributed by atoms with Gasteiger partial charge in [-0.2, -0.15) is 0 Å². The Hall–Kier alpha value is -4.33. The normalized spacial score (nSPS) is 14.5. The van der Waals surface area contributed by atoms with E-state index in [0.717, 1.165) is 51.0 Å². The second-order valence-corrected chi connectivity index (χ2v) is 6.91. The van der Waals surface area contributed by atoms with E-state index in [0.29, 0.717) is 5.65 Å². The number of benzene rings is 2. The van der Waals surface area contributed by atoms with E-state index in [-0.39, 0.29) is 0 Å². The largest absolute Gasteiger partial charge is 0.323 e. The Morgan fingerprint density at radius 3 is 2.17 bits per heavy atom. The minimum atomic E-state index is 0.617. The Kier molecular flexibility index (Phi) is 2.60. The maximum atomic E-state index is 4.78. The first-order valence-corrected chi connectivity index (χ1v) is 9.21. The van der Waals surface area contributed by atoms with Gasteiger partial charge in [-0.1, -0.05) is 24.3 Å². The Bertz CT molecular complexity index is 1550. The van der Waals surface area contributed by atoms with Gasteiger partial charge in [-0.3, -0.25) is 9.47 Å². The molecule has 0 amide bonds. The van der Waals surface area contributed by atoms with E-state index in [2.05, 4.69) is 10.3 Å². The lowest BCUT2D eigenvalue weighted by molar-refractivity contribution is 1.12. The summed E-state index contributed by atoms with van der Waals surface area (Å²) in [6.45, 7) is 0. The minimum Gasteiger partial charge on any atom is -0.323 e. The van der Waals surface area contributed by atoms with Crippen molar-refractivity contribution in [2.45, 2.75) is 0 Å². The first kappa shape index (κ1) is 14.7. The van der Waals surface area contributed by atoms with Gasteiger partial charge in [0.15, 0.2) is 22.9 Å². The number of fused-ring (bicyclic) bond motifs is 8. The molecule has 136 valence electrons. The summed E-state index contributed by atoms with van der Waals surface area (Å²) >= 11 is 0. The molecule has 0 spiro atoms. The van der Waals surface area contributed by atoms with Crippen LogP contribution in [0.15, 0.2) is 60.6 Å². The third-order valence-corrected chi connectivity index (χ3v) is 5.15. The summed E-state index contributed by atoms with van der Waals surface area (Å²) in [5, 5.41) is 3.35. The van der Waals surface area contributed by atoms with Crippen LogP contribution in [0, 0.1) is 0 Å². The van der Waals surface area contributed by atoms with Gasteiger partial charge in [-0.25, -0.2) is 24.9 Å². The number of nitrogens with zero attached hydrogens (tertiary/aromatic N) is 7. The molecule has 0 atom stereocenters. The summed E-state index contributed by atoms with van der Waals surface area (Å²) in [5.74, 6) is 3.07. The van der Waals surface area contributed by atoms with Crippen molar-refractivity contribution in [3.05, 3.63) is 66.4 Å². The topological polar surface area (TPSA) is 84.7 Å². The second kappa shape index (κ2) is 5.14. The van der Waals surface area contributed by atoms with Gasteiger partial charge in [0.25, 0.3) is 0 Å². The Balaban J connectivity index is 1.43. The molecule has 3 aromatic heterocycles. The van der Waals surface area contributed by atoms with Crippen molar-refractivity contribution < 1.29 is 0 Å². The van der Waals surface area contributed by atoms with Crippen LogP contribution >= 0.6 is 0 Å². The summed E-state index contributed by atoms with van der Waals surface area (Å²) in [6, 6.07) is 15.7. The molecule has 5 aromatic rings. The molecular formula is C21H12N8. The summed E-state index contributed by atoms with van der Waals surface area (Å²) in [4.78, 5) is 25.6. The van der Waals surface area contributed by atoms with Gasteiger partial charge < -0.3 is 5.32 Å². The van der Waals surface area contributed by atoms with Gasteiger partial charge in [-0.05, 0) is 24.3 Å². The zero-order chi connectivity index (χ0) is 18.9. The highest BCUT2D eigenvalue weighted by molar-refractivity contribution is 5.90. The molecular weight excluding hydrogens is 364 g/mol. The Morgan fingerprint density at radius 2 is 1.38 bits per heavy atom. The standard InChI is InChI=1S/C21H12N8/c1-3-7-14-12(5-1)22-18-20(24-14)28-9-10-29-17(11-16(28)26-18)27-19-21(29)25-15-8-4-2-6-13(15)23-19/h1-11H,(H,22,26). The van der Waals surface area contributed by atoms with Crippen molar-refractivity contribution in [1.82, 2.24) is 29.5 Å². The average Bonchev–Trinajstić information content (AvgIpc) is 3.19.